The summed E-state index contributed by atoms with van der Waals surface area (Å²) >= 11 is 4.79. The molecule has 0 fully saturated rings. The number of methoxy groups -OCH3 is 1. The van der Waals surface area contributed by atoms with Gasteiger partial charge in [0.1, 0.15) is 5.75 Å². The molecule has 0 atom stereocenters. The lowest BCUT2D eigenvalue weighted by atomic mass is 10.1. The molecular formula is C19H17BrN2O2S. The minimum atomic E-state index is -0.0839. The molecule has 25 heavy (non-hydrogen) atoms. The number of nitrogens with one attached hydrogen (secondary N) is 1. The number of amides is 1. The van der Waals surface area contributed by atoms with E-state index in [1.165, 1.54) is 11.3 Å². The summed E-state index contributed by atoms with van der Waals surface area (Å²) in [5, 5.41) is 5.37. The van der Waals surface area contributed by atoms with Crippen LogP contribution in [0, 0.1) is 6.92 Å². The van der Waals surface area contributed by atoms with Gasteiger partial charge in [-0.2, -0.15) is 0 Å². The number of rotatable bonds is 5. The predicted octanol–water partition coefficient (Wildman–Crippen LogP) is 5.07. The number of carbonyl (C=O) groups excluding carboxylic acids is 1. The van der Waals surface area contributed by atoms with E-state index in [4.69, 9.17) is 4.74 Å². The fourth-order valence-electron chi connectivity index (χ4n) is 2.43. The number of hydrogen-bond donors (Lipinski definition) is 1. The van der Waals surface area contributed by atoms with Crippen molar-refractivity contribution in [1.82, 2.24) is 4.98 Å². The number of halogens is 1. The molecule has 1 amide bonds. The van der Waals surface area contributed by atoms with Gasteiger partial charge in [0.15, 0.2) is 5.13 Å². The average molecular weight is 417 g/mol. The van der Waals surface area contributed by atoms with Crippen molar-refractivity contribution in [2.75, 3.05) is 12.4 Å². The van der Waals surface area contributed by atoms with E-state index < -0.39 is 0 Å². The Kier molecular flexibility index (Phi) is 5.50. The molecule has 2 aromatic carbocycles. The largest absolute Gasteiger partial charge is 0.496 e. The first-order valence-corrected chi connectivity index (χ1v) is 9.37. The molecule has 0 saturated carbocycles. The standard InChI is InChI=1S/C19H17BrN2O2S/c1-12-3-8-17(24-2)15(9-12)16-11-25-19(21-16)22-18(23)10-13-4-6-14(20)7-5-13/h3-9,11H,10H2,1-2H3,(H,21,22,23). The zero-order chi connectivity index (χ0) is 17.8. The topological polar surface area (TPSA) is 51.2 Å². The van der Waals surface area contributed by atoms with Gasteiger partial charge in [-0.1, -0.05) is 39.7 Å². The fraction of sp³-hybridized carbons (Fsp3) is 0.158. The van der Waals surface area contributed by atoms with Crippen LogP contribution < -0.4 is 10.1 Å². The van der Waals surface area contributed by atoms with Crippen molar-refractivity contribution in [3.05, 3.63) is 63.4 Å². The molecule has 0 aliphatic heterocycles. The quantitative estimate of drug-likeness (QED) is 0.631. The number of aryl methyl sites for hydroxylation is 1. The second kappa shape index (κ2) is 7.80. The van der Waals surface area contributed by atoms with Gasteiger partial charge in [0.2, 0.25) is 5.91 Å². The van der Waals surface area contributed by atoms with Crippen molar-refractivity contribution in [1.29, 1.82) is 0 Å². The molecule has 0 unspecified atom stereocenters. The number of nitrogens with zero attached hydrogens (tertiary/aromatic N) is 1. The Bertz CT molecular complexity index is 891. The summed E-state index contributed by atoms with van der Waals surface area (Å²) in [7, 11) is 1.64. The maximum atomic E-state index is 12.2. The van der Waals surface area contributed by atoms with Crippen molar-refractivity contribution in [3.63, 3.8) is 0 Å². The Morgan fingerprint density at radius 1 is 1.24 bits per heavy atom. The molecule has 6 heteroatoms. The highest BCUT2D eigenvalue weighted by atomic mass is 79.9. The minimum absolute atomic E-state index is 0.0839. The molecule has 0 aliphatic carbocycles. The Morgan fingerprint density at radius 2 is 2.00 bits per heavy atom. The SMILES string of the molecule is COc1ccc(C)cc1-c1csc(NC(=O)Cc2ccc(Br)cc2)n1. The number of hydrogen-bond acceptors (Lipinski definition) is 4. The van der Waals surface area contributed by atoms with Crippen molar-refractivity contribution in [2.45, 2.75) is 13.3 Å². The smallest absolute Gasteiger partial charge is 0.230 e. The maximum Gasteiger partial charge on any atom is 0.230 e. The minimum Gasteiger partial charge on any atom is -0.496 e. The molecule has 0 bridgehead atoms. The molecule has 3 rings (SSSR count). The Morgan fingerprint density at radius 3 is 2.72 bits per heavy atom. The lowest BCUT2D eigenvalue weighted by molar-refractivity contribution is -0.115. The molecule has 0 saturated heterocycles. The van der Waals surface area contributed by atoms with Crippen LogP contribution in [0.25, 0.3) is 11.3 Å². The summed E-state index contributed by atoms with van der Waals surface area (Å²) < 4.78 is 6.40. The molecule has 1 aromatic heterocycles. The van der Waals surface area contributed by atoms with E-state index in [0.29, 0.717) is 11.6 Å². The predicted molar refractivity (Wildman–Crippen MR) is 105 cm³/mol. The van der Waals surface area contributed by atoms with Crippen LogP contribution in [0.15, 0.2) is 52.3 Å². The zero-order valence-electron chi connectivity index (χ0n) is 13.9. The second-order valence-corrected chi connectivity index (χ2v) is 7.37. The molecule has 4 nitrogen and oxygen atoms in total. The van der Waals surface area contributed by atoms with Gasteiger partial charge in [0, 0.05) is 15.4 Å². The van der Waals surface area contributed by atoms with Gasteiger partial charge in [0.05, 0.1) is 19.2 Å². The third-order valence-electron chi connectivity index (χ3n) is 3.66. The molecular weight excluding hydrogens is 400 g/mol. The van der Waals surface area contributed by atoms with E-state index >= 15 is 0 Å². The highest BCUT2D eigenvalue weighted by molar-refractivity contribution is 9.10. The molecule has 1 heterocycles. The molecule has 0 radical (unpaired) electrons. The van der Waals surface area contributed by atoms with E-state index in [-0.39, 0.29) is 5.91 Å². The monoisotopic (exact) mass is 416 g/mol. The summed E-state index contributed by atoms with van der Waals surface area (Å²) in [6, 6.07) is 13.7. The third kappa shape index (κ3) is 4.46. The first kappa shape index (κ1) is 17.6. The van der Waals surface area contributed by atoms with Crippen LogP contribution in [0.1, 0.15) is 11.1 Å². The number of benzene rings is 2. The van der Waals surface area contributed by atoms with Gasteiger partial charge in [-0.15, -0.1) is 11.3 Å². The van der Waals surface area contributed by atoms with Crippen LogP contribution in [0.4, 0.5) is 5.13 Å². The summed E-state index contributed by atoms with van der Waals surface area (Å²) in [4.78, 5) is 16.7. The third-order valence-corrected chi connectivity index (χ3v) is 4.95. The van der Waals surface area contributed by atoms with Gasteiger partial charge in [-0.3, -0.25) is 4.79 Å². The number of anilines is 1. The first-order valence-electron chi connectivity index (χ1n) is 7.70. The first-order chi connectivity index (χ1) is 12.0. The van der Waals surface area contributed by atoms with E-state index in [9.17, 15) is 4.79 Å². The summed E-state index contributed by atoms with van der Waals surface area (Å²) in [6.07, 6.45) is 0.315. The van der Waals surface area contributed by atoms with E-state index in [0.717, 1.165) is 32.6 Å². The van der Waals surface area contributed by atoms with E-state index in [1.54, 1.807) is 7.11 Å². The molecule has 0 spiro atoms. The van der Waals surface area contributed by atoms with Crippen LogP contribution in [0.3, 0.4) is 0 Å². The Labute approximate surface area is 159 Å². The van der Waals surface area contributed by atoms with Crippen LogP contribution in [-0.4, -0.2) is 18.0 Å². The van der Waals surface area contributed by atoms with Crippen LogP contribution >= 0.6 is 27.3 Å². The number of carbonyl (C=O) groups is 1. The van der Waals surface area contributed by atoms with Gasteiger partial charge >= 0.3 is 0 Å². The van der Waals surface area contributed by atoms with Crippen LogP contribution in [-0.2, 0) is 11.2 Å². The average Bonchev–Trinajstić information content (AvgIpc) is 3.05. The summed E-state index contributed by atoms with van der Waals surface area (Å²) in [6.45, 7) is 2.02. The zero-order valence-corrected chi connectivity index (χ0v) is 16.3. The lowest BCUT2D eigenvalue weighted by Crippen LogP contribution is -2.14. The summed E-state index contributed by atoms with van der Waals surface area (Å²) in [5.74, 6) is 0.683. The number of thiazole rings is 1. The highest BCUT2D eigenvalue weighted by Gasteiger charge is 2.12. The molecule has 3 aromatic rings. The number of ether oxygens (including phenoxy) is 1. The molecule has 128 valence electrons. The van der Waals surface area contributed by atoms with E-state index in [1.807, 2.05) is 54.8 Å². The lowest BCUT2D eigenvalue weighted by Gasteiger charge is -2.07. The van der Waals surface area contributed by atoms with Gasteiger partial charge in [-0.25, -0.2) is 4.98 Å². The fourth-order valence-corrected chi connectivity index (χ4v) is 3.42. The van der Waals surface area contributed by atoms with Gasteiger partial charge in [-0.05, 0) is 36.8 Å². The number of aromatic nitrogens is 1. The Balaban J connectivity index is 1.72. The van der Waals surface area contributed by atoms with Crippen molar-refractivity contribution < 1.29 is 9.53 Å². The second-order valence-electron chi connectivity index (χ2n) is 5.59. The van der Waals surface area contributed by atoms with Crippen molar-refractivity contribution >= 4 is 38.3 Å². The summed E-state index contributed by atoms with van der Waals surface area (Å²) in [5.41, 5.74) is 3.80. The molecule has 1 N–H and O–H groups in total. The van der Waals surface area contributed by atoms with Gasteiger partial charge < -0.3 is 10.1 Å². The van der Waals surface area contributed by atoms with Gasteiger partial charge in [0.25, 0.3) is 0 Å². The van der Waals surface area contributed by atoms with Crippen molar-refractivity contribution in [3.8, 4) is 17.0 Å². The Hall–Kier alpha value is -2.18. The van der Waals surface area contributed by atoms with Crippen LogP contribution in [0.5, 0.6) is 5.75 Å². The van der Waals surface area contributed by atoms with Crippen LogP contribution in [0.2, 0.25) is 0 Å². The normalized spacial score (nSPS) is 10.5. The molecule has 0 aliphatic rings. The highest BCUT2D eigenvalue weighted by Crippen LogP contribution is 2.33. The maximum absolute atomic E-state index is 12.2. The van der Waals surface area contributed by atoms with E-state index in [2.05, 4.69) is 26.2 Å². The van der Waals surface area contributed by atoms with Crippen molar-refractivity contribution in [2.24, 2.45) is 0 Å².